The number of nitrogens with zero attached hydrogens (tertiary/aromatic N) is 1. The predicted molar refractivity (Wildman–Crippen MR) is 50.4 cm³/mol. The molecule has 0 bridgehead atoms. The lowest BCUT2D eigenvalue weighted by Crippen LogP contribution is -2.26. The lowest BCUT2D eigenvalue weighted by Gasteiger charge is -2.09. The second kappa shape index (κ2) is 5.08. The number of halogens is 1. The Morgan fingerprint density at radius 1 is 1.53 bits per heavy atom. The maximum atomic E-state index is 12.6. The van der Waals surface area contributed by atoms with Crippen molar-refractivity contribution in [2.75, 3.05) is 6.54 Å². The Labute approximate surface area is 86.0 Å². The van der Waals surface area contributed by atoms with E-state index in [-0.39, 0.29) is 6.54 Å². The van der Waals surface area contributed by atoms with Crippen LogP contribution in [0.15, 0.2) is 24.3 Å². The van der Waals surface area contributed by atoms with Gasteiger partial charge in [-0.2, -0.15) is 5.26 Å². The molecule has 1 atom stereocenters. The minimum absolute atomic E-state index is 0.310. The molecule has 0 saturated carbocycles. The van der Waals surface area contributed by atoms with Crippen LogP contribution in [0.1, 0.15) is 11.6 Å². The first-order chi connectivity index (χ1) is 7.13. The fraction of sp³-hybridized carbons (Fsp3) is 0.200. The molecular formula is C10H9FN2O2. The Morgan fingerprint density at radius 2 is 2.13 bits per heavy atom. The van der Waals surface area contributed by atoms with Crippen molar-refractivity contribution in [2.24, 2.45) is 0 Å². The van der Waals surface area contributed by atoms with E-state index in [0.29, 0.717) is 5.56 Å². The number of aliphatic carboxylic acids is 1. The van der Waals surface area contributed by atoms with Crippen molar-refractivity contribution in [1.29, 1.82) is 5.26 Å². The van der Waals surface area contributed by atoms with Gasteiger partial charge in [0.2, 0.25) is 0 Å². The van der Waals surface area contributed by atoms with Crippen molar-refractivity contribution in [3.05, 3.63) is 35.6 Å². The highest BCUT2D eigenvalue weighted by molar-refractivity contribution is 5.69. The van der Waals surface area contributed by atoms with Gasteiger partial charge in [0.05, 0.1) is 12.6 Å². The highest BCUT2D eigenvalue weighted by Gasteiger charge is 2.10. The van der Waals surface area contributed by atoms with Crippen molar-refractivity contribution in [3.63, 3.8) is 0 Å². The molecule has 1 aromatic rings. The van der Waals surface area contributed by atoms with Crippen LogP contribution in [0.4, 0.5) is 4.39 Å². The number of nitrogens with one attached hydrogen (secondary N) is 1. The average molecular weight is 208 g/mol. The molecule has 4 nitrogen and oxygen atoms in total. The van der Waals surface area contributed by atoms with E-state index in [1.807, 2.05) is 6.07 Å². The molecule has 0 heterocycles. The Hall–Kier alpha value is -1.93. The molecule has 0 aromatic heterocycles. The van der Waals surface area contributed by atoms with Crippen LogP contribution in [0.3, 0.4) is 0 Å². The number of carbonyl (C=O) groups is 1. The fourth-order valence-electron chi connectivity index (χ4n) is 1.08. The van der Waals surface area contributed by atoms with Crippen LogP contribution in [-0.2, 0) is 4.79 Å². The third-order valence-electron chi connectivity index (χ3n) is 1.79. The average Bonchev–Trinajstić information content (AvgIpc) is 2.21. The van der Waals surface area contributed by atoms with E-state index in [1.165, 1.54) is 24.3 Å². The molecule has 5 heteroatoms. The van der Waals surface area contributed by atoms with Crippen LogP contribution in [0.2, 0.25) is 0 Å². The van der Waals surface area contributed by atoms with E-state index >= 15 is 0 Å². The molecule has 1 rings (SSSR count). The Bertz CT molecular complexity index is 383. The van der Waals surface area contributed by atoms with Gasteiger partial charge < -0.3 is 5.11 Å². The minimum atomic E-state index is -1.04. The van der Waals surface area contributed by atoms with Gasteiger partial charge in [-0.1, -0.05) is 12.1 Å². The van der Waals surface area contributed by atoms with Crippen molar-refractivity contribution >= 4 is 5.97 Å². The van der Waals surface area contributed by atoms with Gasteiger partial charge in [-0.3, -0.25) is 10.1 Å². The molecule has 0 amide bonds. The van der Waals surface area contributed by atoms with Gasteiger partial charge in [-0.25, -0.2) is 4.39 Å². The number of nitriles is 1. The second-order valence-electron chi connectivity index (χ2n) is 2.89. The topological polar surface area (TPSA) is 73.1 Å². The summed E-state index contributed by atoms with van der Waals surface area (Å²) >= 11 is 0. The standard InChI is InChI=1S/C10H9FN2O2/c11-8-3-1-7(2-4-8)9(5-12)13-6-10(14)15/h1-4,9,13H,6H2,(H,14,15). The number of carboxylic acid groups (broad SMARTS) is 1. The number of rotatable bonds is 4. The minimum Gasteiger partial charge on any atom is -0.480 e. The lowest BCUT2D eigenvalue weighted by molar-refractivity contribution is -0.136. The summed E-state index contributed by atoms with van der Waals surface area (Å²) in [6, 6.07) is 6.50. The molecule has 0 fully saturated rings. The molecule has 0 radical (unpaired) electrons. The highest BCUT2D eigenvalue weighted by atomic mass is 19.1. The van der Waals surface area contributed by atoms with Crippen LogP contribution >= 0.6 is 0 Å². The highest BCUT2D eigenvalue weighted by Crippen LogP contribution is 2.12. The number of hydrogen-bond acceptors (Lipinski definition) is 3. The monoisotopic (exact) mass is 208 g/mol. The number of carboxylic acids is 1. The van der Waals surface area contributed by atoms with Crippen molar-refractivity contribution in [1.82, 2.24) is 5.32 Å². The van der Waals surface area contributed by atoms with E-state index in [2.05, 4.69) is 5.32 Å². The van der Waals surface area contributed by atoms with Gasteiger partial charge in [0.1, 0.15) is 11.9 Å². The van der Waals surface area contributed by atoms with E-state index in [0.717, 1.165) is 0 Å². The van der Waals surface area contributed by atoms with Crippen molar-refractivity contribution in [2.45, 2.75) is 6.04 Å². The molecule has 0 aliphatic heterocycles. The summed E-state index contributed by atoms with van der Waals surface area (Å²) in [6.45, 7) is -0.310. The molecule has 15 heavy (non-hydrogen) atoms. The summed E-state index contributed by atoms with van der Waals surface area (Å²) in [6.07, 6.45) is 0. The molecule has 0 aliphatic carbocycles. The number of hydrogen-bond donors (Lipinski definition) is 2. The van der Waals surface area contributed by atoms with Crippen LogP contribution in [0, 0.1) is 17.1 Å². The zero-order valence-electron chi connectivity index (χ0n) is 7.77. The van der Waals surface area contributed by atoms with Gasteiger partial charge in [0.15, 0.2) is 0 Å². The largest absolute Gasteiger partial charge is 0.480 e. The van der Waals surface area contributed by atoms with Crippen molar-refractivity contribution < 1.29 is 14.3 Å². The van der Waals surface area contributed by atoms with Crippen LogP contribution in [0.5, 0.6) is 0 Å². The summed E-state index contributed by atoms with van der Waals surface area (Å²) in [5.41, 5.74) is 0.542. The Kier molecular flexibility index (Phi) is 3.77. The first kappa shape index (κ1) is 11.1. The first-order valence-electron chi connectivity index (χ1n) is 4.23. The Balaban J connectivity index is 2.71. The Morgan fingerprint density at radius 3 is 2.60 bits per heavy atom. The molecule has 78 valence electrons. The molecular weight excluding hydrogens is 199 g/mol. The van der Waals surface area contributed by atoms with Crippen LogP contribution in [-0.4, -0.2) is 17.6 Å². The summed E-state index contributed by atoms with van der Waals surface area (Å²) in [5.74, 6) is -1.44. The first-order valence-corrected chi connectivity index (χ1v) is 4.23. The summed E-state index contributed by atoms with van der Waals surface area (Å²) < 4.78 is 12.6. The van der Waals surface area contributed by atoms with Gasteiger partial charge in [0, 0.05) is 0 Å². The van der Waals surface area contributed by atoms with Gasteiger partial charge in [-0.05, 0) is 17.7 Å². The zero-order chi connectivity index (χ0) is 11.3. The zero-order valence-corrected chi connectivity index (χ0v) is 7.77. The molecule has 1 aromatic carbocycles. The van der Waals surface area contributed by atoms with E-state index < -0.39 is 17.8 Å². The molecule has 0 aliphatic rings. The molecule has 0 spiro atoms. The smallest absolute Gasteiger partial charge is 0.317 e. The SMILES string of the molecule is N#CC(NCC(=O)O)c1ccc(F)cc1. The number of benzene rings is 1. The van der Waals surface area contributed by atoms with E-state index in [4.69, 9.17) is 10.4 Å². The molecule has 1 unspecified atom stereocenters. The van der Waals surface area contributed by atoms with Crippen LogP contribution < -0.4 is 5.32 Å². The fourth-order valence-corrected chi connectivity index (χ4v) is 1.08. The van der Waals surface area contributed by atoms with Crippen LogP contribution in [0.25, 0.3) is 0 Å². The predicted octanol–water partition coefficient (Wildman–Crippen LogP) is 1.06. The van der Waals surface area contributed by atoms with Gasteiger partial charge in [0.25, 0.3) is 0 Å². The maximum Gasteiger partial charge on any atom is 0.317 e. The second-order valence-corrected chi connectivity index (χ2v) is 2.89. The van der Waals surface area contributed by atoms with Gasteiger partial charge in [-0.15, -0.1) is 0 Å². The third-order valence-corrected chi connectivity index (χ3v) is 1.79. The van der Waals surface area contributed by atoms with E-state index in [1.54, 1.807) is 0 Å². The summed E-state index contributed by atoms with van der Waals surface area (Å²) in [4.78, 5) is 10.3. The van der Waals surface area contributed by atoms with Crippen molar-refractivity contribution in [3.8, 4) is 6.07 Å². The maximum absolute atomic E-state index is 12.6. The van der Waals surface area contributed by atoms with E-state index in [9.17, 15) is 9.18 Å². The normalized spacial score (nSPS) is 11.7. The lowest BCUT2D eigenvalue weighted by atomic mass is 10.1. The third kappa shape index (κ3) is 3.37. The molecule has 2 N–H and O–H groups in total. The quantitative estimate of drug-likeness (QED) is 0.776. The summed E-state index contributed by atoms with van der Waals surface area (Å²) in [7, 11) is 0. The molecule has 0 saturated heterocycles. The van der Waals surface area contributed by atoms with Gasteiger partial charge >= 0.3 is 5.97 Å². The summed E-state index contributed by atoms with van der Waals surface area (Å²) in [5, 5.41) is 19.7.